The summed E-state index contributed by atoms with van der Waals surface area (Å²) in [6, 6.07) is 13.3. The Morgan fingerprint density at radius 1 is 0.846 bits per heavy atom. The molecule has 0 fully saturated rings. The first-order chi connectivity index (χ1) is 12.3. The molecule has 0 aliphatic rings. The van der Waals surface area contributed by atoms with Crippen molar-refractivity contribution in [1.29, 1.82) is 0 Å². The smallest absolute Gasteiger partial charge is 0.323 e. The SMILES string of the molecule is [B]c1ccc(NC(=O)Nc2ccc(C(=O)N(C)CCN(C)C)cc2)cc1. The number of carbonyl (C=O) groups is 2. The lowest BCUT2D eigenvalue weighted by Gasteiger charge is -2.19. The summed E-state index contributed by atoms with van der Waals surface area (Å²) in [7, 11) is 11.3. The number of carbonyl (C=O) groups excluding carboxylic acids is 2. The molecule has 7 heteroatoms. The van der Waals surface area contributed by atoms with Crippen molar-refractivity contribution in [2.75, 3.05) is 44.9 Å². The summed E-state index contributed by atoms with van der Waals surface area (Å²) in [4.78, 5) is 28.1. The van der Waals surface area contributed by atoms with Gasteiger partial charge in [0.15, 0.2) is 0 Å². The van der Waals surface area contributed by atoms with Gasteiger partial charge in [-0.2, -0.15) is 0 Å². The molecule has 6 nitrogen and oxygen atoms in total. The summed E-state index contributed by atoms with van der Waals surface area (Å²) >= 11 is 0. The number of hydrogen-bond acceptors (Lipinski definition) is 3. The normalized spacial score (nSPS) is 10.5. The zero-order valence-corrected chi connectivity index (χ0v) is 15.3. The first-order valence-electron chi connectivity index (χ1n) is 8.29. The summed E-state index contributed by atoms with van der Waals surface area (Å²) in [6.07, 6.45) is 0. The number of anilines is 2. The first-order valence-corrected chi connectivity index (χ1v) is 8.29. The van der Waals surface area contributed by atoms with Gasteiger partial charge >= 0.3 is 6.03 Å². The van der Waals surface area contributed by atoms with E-state index in [-0.39, 0.29) is 11.9 Å². The van der Waals surface area contributed by atoms with Gasteiger partial charge in [-0.3, -0.25) is 4.79 Å². The highest BCUT2D eigenvalue weighted by Gasteiger charge is 2.12. The third-order valence-corrected chi connectivity index (χ3v) is 3.79. The highest BCUT2D eigenvalue weighted by Crippen LogP contribution is 2.12. The Kier molecular flexibility index (Phi) is 6.80. The van der Waals surface area contributed by atoms with E-state index in [1.165, 1.54) is 0 Å². The average Bonchev–Trinajstić information content (AvgIpc) is 2.61. The monoisotopic (exact) mass is 350 g/mol. The Morgan fingerprint density at radius 2 is 1.35 bits per heavy atom. The predicted octanol–water partition coefficient (Wildman–Crippen LogP) is 1.76. The van der Waals surface area contributed by atoms with Crippen LogP contribution in [0.1, 0.15) is 10.4 Å². The van der Waals surface area contributed by atoms with E-state index in [1.54, 1.807) is 60.5 Å². The van der Waals surface area contributed by atoms with E-state index in [0.717, 1.165) is 6.54 Å². The van der Waals surface area contributed by atoms with E-state index in [2.05, 4.69) is 10.6 Å². The van der Waals surface area contributed by atoms with Crippen LogP contribution < -0.4 is 16.1 Å². The lowest BCUT2D eigenvalue weighted by Crippen LogP contribution is -2.33. The van der Waals surface area contributed by atoms with Gasteiger partial charge in [-0.15, -0.1) is 0 Å². The standard InChI is InChI=1S/C19H23BN4O2/c1-23(2)12-13-24(3)18(25)14-4-8-16(9-5-14)21-19(26)22-17-10-6-15(20)7-11-17/h4-11H,12-13H2,1-3H3,(H2,21,22,26). The molecule has 2 radical (unpaired) electrons. The Bertz CT molecular complexity index is 745. The second-order valence-electron chi connectivity index (χ2n) is 6.31. The summed E-state index contributed by atoms with van der Waals surface area (Å²) in [5.41, 5.74) is 2.46. The molecule has 0 saturated heterocycles. The van der Waals surface area contributed by atoms with Crippen molar-refractivity contribution < 1.29 is 9.59 Å². The van der Waals surface area contributed by atoms with Gasteiger partial charge in [0.05, 0.1) is 0 Å². The lowest BCUT2D eigenvalue weighted by molar-refractivity contribution is 0.0786. The quantitative estimate of drug-likeness (QED) is 0.781. The van der Waals surface area contributed by atoms with E-state index in [1.807, 2.05) is 19.0 Å². The van der Waals surface area contributed by atoms with E-state index >= 15 is 0 Å². The molecular formula is C19H23BN4O2. The van der Waals surface area contributed by atoms with Crippen LogP contribution in [0.5, 0.6) is 0 Å². The molecule has 0 unspecified atom stereocenters. The summed E-state index contributed by atoms with van der Waals surface area (Å²) < 4.78 is 0. The minimum absolute atomic E-state index is 0.0512. The number of urea groups is 1. The van der Waals surface area contributed by atoms with Crippen LogP contribution in [0.25, 0.3) is 0 Å². The molecule has 134 valence electrons. The molecule has 0 saturated carbocycles. The number of benzene rings is 2. The van der Waals surface area contributed by atoms with Crippen LogP contribution in [-0.2, 0) is 0 Å². The number of amides is 3. The van der Waals surface area contributed by atoms with Crippen LogP contribution in [0, 0.1) is 0 Å². The molecule has 26 heavy (non-hydrogen) atoms. The van der Waals surface area contributed by atoms with Crippen LogP contribution in [-0.4, -0.2) is 63.8 Å². The maximum Gasteiger partial charge on any atom is 0.323 e. The zero-order chi connectivity index (χ0) is 19.1. The van der Waals surface area contributed by atoms with E-state index < -0.39 is 0 Å². The minimum Gasteiger partial charge on any atom is -0.340 e. The molecule has 2 rings (SSSR count). The van der Waals surface area contributed by atoms with E-state index in [0.29, 0.717) is 28.9 Å². The Balaban J connectivity index is 1.91. The Hall–Kier alpha value is -2.80. The number of nitrogens with zero attached hydrogens (tertiary/aromatic N) is 2. The first kappa shape index (κ1) is 19.5. The van der Waals surface area contributed by atoms with Crippen molar-refractivity contribution in [3.05, 3.63) is 54.1 Å². The van der Waals surface area contributed by atoms with Crippen LogP contribution in [0.15, 0.2) is 48.5 Å². The minimum atomic E-state index is -0.364. The van der Waals surface area contributed by atoms with Crippen LogP contribution in [0.3, 0.4) is 0 Å². The van der Waals surface area contributed by atoms with E-state index in [4.69, 9.17) is 7.85 Å². The summed E-state index contributed by atoms with van der Waals surface area (Å²) in [5, 5.41) is 5.44. The molecular weight excluding hydrogens is 327 g/mol. The third kappa shape index (κ3) is 5.93. The molecule has 0 aliphatic carbocycles. The van der Waals surface area contributed by atoms with Crippen molar-refractivity contribution in [2.24, 2.45) is 0 Å². The maximum absolute atomic E-state index is 12.4. The molecule has 2 N–H and O–H groups in total. The number of rotatable bonds is 6. The van der Waals surface area contributed by atoms with Gasteiger partial charge in [0.1, 0.15) is 7.85 Å². The van der Waals surface area contributed by atoms with Crippen molar-refractivity contribution >= 4 is 36.6 Å². The van der Waals surface area contributed by atoms with Gasteiger partial charge in [0, 0.05) is 37.1 Å². The average molecular weight is 350 g/mol. The second kappa shape index (κ2) is 9.06. The Labute approximate surface area is 155 Å². The molecule has 0 aliphatic heterocycles. The van der Waals surface area contributed by atoms with Gasteiger partial charge < -0.3 is 20.4 Å². The fourth-order valence-electron chi connectivity index (χ4n) is 2.23. The van der Waals surface area contributed by atoms with Gasteiger partial charge in [-0.1, -0.05) is 17.6 Å². The molecule has 0 heterocycles. The Morgan fingerprint density at radius 3 is 1.85 bits per heavy atom. The van der Waals surface area contributed by atoms with Gasteiger partial charge in [-0.05, 0) is 50.5 Å². The van der Waals surface area contributed by atoms with Gasteiger partial charge in [0.25, 0.3) is 5.91 Å². The molecule has 0 bridgehead atoms. The topological polar surface area (TPSA) is 64.7 Å². The maximum atomic E-state index is 12.4. The fourth-order valence-corrected chi connectivity index (χ4v) is 2.23. The van der Waals surface area contributed by atoms with Gasteiger partial charge in [0.2, 0.25) is 0 Å². The predicted molar refractivity (Wildman–Crippen MR) is 106 cm³/mol. The summed E-state index contributed by atoms with van der Waals surface area (Å²) in [5.74, 6) is -0.0512. The summed E-state index contributed by atoms with van der Waals surface area (Å²) in [6.45, 7) is 1.45. The molecule has 2 aromatic rings. The second-order valence-corrected chi connectivity index (χ2v) is 6.31. The highest BCUT2D eigenvalue weighted by atomic mass is 16.2. The van der Waals surface area contributed by atoms with Crippen LogP contribution >= 0.6 is 0 Å². The van der Waals surface area contributed by atoms with Crippen molar-refractivity contribution in [1.82, 2.24) is 9.80 Å². The lowest BCUT2D eigenvalue weighted by atomic mass is 9.96. The number of likely N-dealkylation sites (N-methyl/N-ethyl adjacent to an activating group) is 2. The van der Waals surface area contributed by atoms with Crippen molar-refractivity contribution in [3.63, 3.8) is 0 Å². The molecule has 0 atom stereocenters. The molecule has 3 amide bonds. The number of nitrogens with one attached hydrogen (secondary N) is 2. The van der Waals surface area contributed by atoms with Gasteiger partial charge in [-0.25, -0.2) is 4.79 Å². The highest BCUT2D eigenvalue weighted by molar-refractivity contribution is 6.32. The van der Waals surface area contributed by atoms with Crippen molar-refractivity contribution in [3.8, 4) is 0 Å². The largest absolute Gasteiger partial charge is 0.340 e. The zero-order valence-electron chi connectivity index (χ0n) is 15.3. The van der Waals surface area contributed by atoms with Crippen LogP contribution in [0.2, 0.25) is 0 Å². The van der Waals surface area contributed by atoms with Crippen molar-refractivity contribution in [2.45, 2.75) is 0 Å². The molecule has 0 spiro atoms. The molecule has 2 aromatic carbocycles. The van der Waals surface area contributed by atoms with Crippen LogP contribution in [0.4, 0.5) is 16.2 Å². The van der Waals surface area contributed by atoms with E-state index in [9.17, 15) is 9.59 Å². The molecule has 0 aromatic heterocycles. The number of hydrogen-bond donors (Lipinski definition) is 2. The third-order valence-electron chi connectivity index (χ3n) is 3.79. The fraction of sp³-hybridized carbons (Fsp3) is 0.263.